The van der Waals surface area contributed by atoms with Gasteiger partial charge in [0.05, 0.1) is 17.1 Å². The fraction of sp³-hybridized carbons (Fsp3) is 0.222. The maximum Gasteiger partial charge on any atom is 0.232 e. The van der Waals surface area contributed by atoms with Crippen LogP contribution in [0.15, 0.2) is 42.6 Å². The van der Waals surface area contributed by atoms with Crippen molar-refractivity contribution in [3.05, 3.63) is 48.2 Å². The van der Waals surface area contributed by atoms with Crippen LogP contribution in [0.3, 0.4) is 0 Å². The third kappa shape index (κ3) is 3.19. The van der Waals surface area contributed by atoms with Crippen LogP contribution >= 0.6 is 11.6 Å². The average molecular weight is 354 g/mol. The number of alkyl halides is 1. The molecule has 0 saturated carbocycles. The van der Waals surface area contributed by atoms with Crippen molar-refractivity contribution >= 4 is 34.2 Å². The predicted molar refractivity (Wildman–Crippen MR) is 96.7 cm³/mol. The van der Waals surface area contributed by atoms with Crippen LogP contribution in [0, 0.1) is 16.7 Å². The Labute approximate surface area is 150 Å². The van der Waals surface area contributed by atoms with Gasteiger partial charge in [0.25, 0.3) is 0 Å². The molecule has 0 spiro atoms. The molecule has 1 aromatic carbocycles. The summed E-state index contributed by atoms with van der Waals surface area (Å²) in [5, 5.41) is 17.3. The van der Waals surface area contributed by atoms with Crippen LogP contribution in [0.5, 0.6) is 0 Å². The molecule has 0 radical (unpaired) electrons. The molecule has 3 aromatic rings. The number of nitriles is 1. The number of hydrogen-bond donors (Lipinski definition) is 1. The van der Waals surface area contributed by atoms with Gasteiger partial charge >= 0.3 is 0 Å². The number of anilines is 1. The number of halogens is 1. The van der Waals surface area contributed by atoms with Gasteiger partial charge in [0, 0.05) is 11.3 Å². The summed E-state index contributed by atoms with van der Waals surface area (Å²) in [6.07, 6.45) is 1.40. The minimum atomic E-state index is -0.778. The van der Waals surface area contributed by atoms with E-state index in [9.17, 15) is 10.1 Å². The minimum absolute atomic E-state index is 0.156. The van der Waals surface area contributed by atoms with E-state index in [1.807, 2.05) is 36.4 Å². The standard InChI is InChI=1S/C18H16ClN5O/c1-18(2,11-19)17(25)23-16-13(9-20)10-21-24(16)15-8-7-12-5-3-4-6-14(12)22-15/h3-8,10H,11H2,1-2H3,(H,23,25). The molecule has 0 fully saturated rings. The van der Waals surface area contributed by atoms with Crippen LogP contribution in [0.25, 0.3) is 16.7 Å². The smallest absolute Gasteiger partial charge is 0.232 e. The Balaban J connectivity index is 2.06. The van der Waals surface area contributed by atoms with Crippen LogP contribution in [0.4, 0.5) is 5.82 Å². The molecule has 3 rings (SSSR count). The van der Waals surface area contributed by atoms with E-state index in [1.54, 1.807) is 19.9 Å². The molecule has 126 valence electrons. The lowest BCUT2D eigenvalue weighted by atomic mass is 9.95. The number of para-hydroxylation sites is 1. The SMILES string of the molecule is CC(C)(CCl)C(=O)Nc1c(C#N)cnn1-c1ccc2ccccc2n1. The molecule has 0 saturated heterocycles. The number of carbonyl (C=O) groups is 1. The zero-order valence-corrected chi connectivity index (χ0v) is 14.6. The van der Waals surface area contributed by atoms with Crippen molar-refractivity contribution in [2.24, 2.45) is 5.41 Å². The lowest BCUT2D eigenvalue weighted by molar-refractivity contribution is -0.123. The van der Waals surface area contributed by atoms with Crippen LogP contribution in [0.2, 0.25) is 0 Å². The molecule has 25 heavy (non-hydrogen) atoms. The second kappa shape index (κ2) is 6.54. The molecule has 0 unspecified atom stereocenters. The predicted octanol–water partition coefficient (Wildman–Crippen LogP) is 3.50. The molecular formula is C18H16ClN5O. The zero-order valence-electron chi connectivity index (χ0n) is 13.8. The Bertz CT molecular complexity index is 987. The van der Waals surface area contributed by atoms with Gasteiger partial charge in [-0.25, -0.2) is 4.98 Å². The maximum atomic E-state index is 12.5. The second-order valence-corrected chi connectivity index (χ2v) is 6.53. The first-order valence-corrected chi connectivity index (χ1v) is 8.21. The topological polar surface area (TPSA) is 83.6 Å². The zero-order chi connectivity index (χ0) is 18.0. The minimum Gasteiger partial charge on any atom is -0.309 e. The number of hydrogen-bond acceptors (Lipinski definition) is 4. The van der Waals surface area contributed by atoms with Gasteiger partial charge in [-0.1, -0.05) is 18.2 Å². The average Bonchev–Trinajstić information content (AvgIpc) is 3.03. The first-order valence-electron chi connectivity index (χ1n) is 7.68. The lowest BCUT2D eigenvalue weighted by Crippen LogP contribution is -2.33. The van der Waals surface area contributed by atoms with Crippen molar-refractivity contribution in [3.63, 3.8) is 0 Å². The second-order valence-electron chi connectivity index (χ2n) is 6.26. The monoisotopic (exact) mass is 353 g/mol. The van der Waals surface area contributed by atoms with Gasteiger partial charge in [-0.2, -0.15) is 15.0 Å². The van der Waals surface area contributed by atoms with E-state index in [0.29, 0.717) is 5.82 Å². The van der Waals surface area contributed by atoms with Crippen molar-refractivity contribution in [2.45, 2.75) is 13.8 Å². The lowest BCUT2D eigenvalue weighted by Gasteiger charge is -2.20. The van der Waals surface area contributed by atoms with E-state index in [0.717, 1.165) is 10.9 Å². The number of nitrogens with one attached hydrogen (secondary N) is 1. The third-order valence-electron chi connectivity index (χ3n) is 3.87. The summed E-state index contributed by atoms with van der Waals surface area (Å²) in [4.78, 5) is 17.0. The molecule has 0 aliphatic heterocycles. The highest BCUT2D eigenvalue weighted by Gasteiger charge is 2.28. The number of aromatic nitrogens is 3. The summed E-state index contributed by atoms with van der Waals surface area (Å²) in [7, 11) is 0. The van der Waals surface area contributed by atoms with Crippen molar-refractivity contribution in [1.29, 1.82) is 5.26 Å². The van der Waals surface area contributed by atoms with E-state index in [1.165, 1.54) is 10.9 Å². The molecule has 2 aromatic heterocycles. The van der Waals surface area contributed by atoms with E-state index in [-0.39, 0.29) is 23.2 Å². The largest absolute Gasteiger partial charge is 0.309 e. The number of nitrogens with zero attached hydrogens (tertiary/aromatic N) is 4. The summed E-state index contributed by atoms with van der Waals surface area (Å²) in [5.74, 6) is 0.664. The fourth-order valence-corrected chi connectivity index (χ4v) is 2.36. The fourth-order valence-electron chi connectivity index (χ4n) is 2.23. The van der Waals surface area contributed by atoms with Gasteiger partial charge in [0.1, 0.15) is 11.6 Å². The normalized spacial score (nSPS) is 11.3. The summed E-state index contributed by atoms with van der Waals surface area (Å²) in [6.45, 7) is 3.47. The van der Waals surface area contributed by atoms with Crippen LogP contribution in [-0.4, -0.2) is 26.6 Å². The van der Waals surface area contributed by atoms with Crippen molar-refractivity contribution < 1.29 is 4.79 Å². The highest BCUT2D eigenvalue weighted by atomic mass is 35.5. The summed E-state index contributed by atoms with van der Waals surface area (Å²) in [5.41, 5.74) is 0.279. The summed E-state index contributed by atoms with van der Waals surface area (Å²) in [6, 6.07) is 13.4. The highest BCUT2D eigenvalue weighted by Crippen LogP contribution is 2.24. The molecule has 6 nitrogen and oxygen atoms in total. The molecule has 1 N–H and O–H groups in total. The quantitative estimate of drug-likeness (QED) is 0.727. The molecule has 7 heteroatoms. The van der Waals surface area contributed by atoms with Crippen LogP contribution in [0.1, 0.15) is 19.4 Å². The van der Waals surface area contributed by atoms with Gasteiger partial charge in [-0.05, 0) is 32.0 Å². The molecule has 0 aliphatic carbocycles. The van der Waals surface area contributed by atoms with Gasteiger partial charge < -0.3 is 5.32 Å². The summed E-state index contributed by atoms with van der Waals surface area (Å²) < 4.78 is 1.45. The molecule has 0 aliphatic rings. The van der Waals surface area contributed by atoms with E-state index < -0.39 is 5.41 Å². The van der Waals surface area contributed by atoms with Crippen molar-refractivity contribution in [3.8, 4) is 11.9 Å². The van der Waals surface area contributed by atoms with Gasteiger partial charge in [0.15, 0.2) is 11.6 Å². The first-order chi connectivity index (χ1) is 12.0. The number of rotatable bonds is 4. The van der Waals surface area contributed by atoms with Gasteiger partial charge in [-0.3, -0.25) is 4.79 Å². The van der Waals surface area contributed by atoms with Crippen LogP contribution in [-0.2, 0) is 4.79 Å². The molecule has 0 bridgehead atoms. The van der Waals surface area contributed by atoms with Crippen molar-refractivity contribution in [2.75, 3.05) is 11.2 Å². The highest BCUT2D eigenvalue weighted by molar-refractivity contribution is 6.20. The first kappa shape index (κ1) is 16.9. The number of pyridine rings is 1. The summed E-state index contributed by atoms with van der Waals surface area (Å²) >= 11 is 5.86. The molecule has 2 heterocycles. The van der Waals surface area contributed by atoms with E-state index in [4.69, 9.17) is 11.6 Å². The van der Waals surface area contributed by atoms with Crippen LogP contribution < -0.4 is 5.32 Å². The number of benzene rings is 1. The third-order valence-corrected chi connectivity index (χ3v) is 4.54. The Morgan fingerprint density at radius 1 is 1.32 bits per heavy atom. The maximum absolute atomic E-state index is 12.5. The Hall–Kier alpha value is -2.91. The number of carbonyl (C=O) groups excluding carboxylic acids is 1. The number of fused-ring (bicyclic) bond motifs is 1. The molecule has 0 atom stereocenters. The number of amides is 1. The van der Waals surface area contributed by atoms with Crippen molar-refractivity contribution in [1.82, 2.24) is 14.8 Å². The van der Waals surface area contributed by atoms with Gasteiger partial charge in [-0.15, -0.1) is 11.6 Å². The Kier molecular flexibility index (Phi) is 4.43. The Morgan fingerprint density at radius 2 is 2.08 bits per heavy atom. The van der Waals surface area contributed by atoms with E-state index in [2.05, 4.69) is 15.4 Å². The van der Waals surface area contributed by atoms with E-state index >= 15 is 0 Å². The molecular weight excluding hydrogens is 338 g/mol. The Morgan fingerprint density at radius 3 is 2.80 bits per heavy atom. The molecule has 1 amide bonds. The van der Waals surface area contributed by atoms with Gasteiger partial charge in [0.2, 0.25) is 5.91 Å².